The van der Waals surface area contributed by atoms with Gasteiger partial charge in [0.05, 0.1) is 31.9 Å². The number of piperidine rings is 1. The number of methoxy groups -OCH3 is 1. The molecule has 7 nitrogen and oxygen atoms in total. The van der Waals surface area contributed by atoms with E-state index in [1.54, 1.807) is 9.80 Å². The Labute approximate surface area is 222 Å². The SMILES string of the molecule is C=C(N=C(OC)C1CC(c2ccc(OC(F)(F)F)cc2)CN(C(=O)N2CCOCC2)C1)c1ccc(F)cc1F. The second-order valence-corrected chi connectivity index (χ2v) is 9.26. The van der Waals surface area contributed by atoms with E-state index in [1.165, 1.54) is 37.4 Å². The van der Waals surface area contributed by atoms with Gasteiger partial charge in [-0.1, -0.05) is 18.7 Å². The molecule has 0 aromatic heterocycles. The molecule has 0 radical (unpaired) electrons. The van der Waals surface area contributed by atoms with Gasteiger partial charge in [0, 0.05) is 43.7 Å². The molecule has 0 saturated carbocycles. The van der Waals surface area contributed by atoms with Crippen LogP contribution in [0.3, 0.4) is 0 Å². The molecule has 2 unspecified atom stereocenters. The van der Waals surface area contributed by atoms with Gasteiger partial charge in [0.2, 0.25) is 0 Å². The average molecular weight is 554 g/mol. The Morgan fingerprint density at radius 2 is 1.74 bits per heavy atom. The van der Waals surface area contributed by atoms with Gasteiger partial charge in [-0.3, -0.25) is 0 Å². The average Bonchev–Trinajstić information content (AvgIpc) is 2.91. The van der Waals surface area contributed by atoms with Crippen molar-refractivity contribution in [1.82, 2.24) is 9.80 Å². The number of aliphatic imine (C=N–C) groups is 1. The summed E-state index contributed by atoms with van der Waals surface area (Å²) in [5, 5.41) is 0. The van der Waals surface area contributed by atoms with Gasteiger partial charge in [0.15, 0.2) is 5.90 Å². The normalized spacial score (nSPS) is 20.5. The first-order valence-electron chi connectivity index (χ1n) is 12.3. The molecule has 2 aromatic rings. The molecule has 2 aromatic carbocycles. The number of benzene rings is 2. The number of carbonyl (C=O) groups excluding carboxylic acids is 1. The Kier molecular flexibility index (Phi) is 8.73. The fraction of sp³-hybridized carbons (Fsp3) is 0.407. The molecular formula is C27H28F5N3O4. The first kappa shape index (κ1) is 28.3. The minimum absolute atomic E-state index is 0.000174. The zero-order valence-electron chi connectivity index (χ0n) is 21.2. The second-order valence-electron chi connectivity index (χ2n) is 9.26. The summed E-state index contributed by atoms with van der Waals surface area (Å²) in [6.45, 7) is 6.06. The highest BCUT2D eigenvalue weighted by atomic mass is 19.4. The van der Waals surface area contributed by atoms with Crippen LogP contribution in [-0.2, 0) is 9.47 Å². The number of hydrogen-bond donors (Lipinski definition) is 0. The lowest BCUT2D eigenvalue weighted by molar-refractivity contribution is -0.274. The van der Waals surface area contributed by atoms with Crippen molar-refractivity contribution in [2.45, 2.75) is 18.7 Å². The molecule has 0 aliphatic carbocycles. The predicted octanol–water partition coefficient (Wildman–Crippen LogP) is 5.44. The number of likely N-dealkylation sites (tertiary alicyclic amines) is 1. The number of nitrogens with zero attached hydrogens (tertiary/aromatic N) is 3. The summed E-state index contributed by atoms with van der Waals surface area (Å²) in [6.07, 6.45) is -4.37. The Morgan fingerprint density at radius 1 is 1.05 bits per heavy atom. The molecule has 2 saturated heterocycles. The monoisotopic (exact) mass is 553 g/mol. The number of halogens is 5. The van der Waals surface area contributed by atoms with Crippen LogP contribution in [0.25, 0.3) is 5.70 Å². The third kappa shape index (κ3) is 7.25. The molecule has 0 spiro atoms. The maximum absolute atomic E-state index is 14.3. The molecule has 0 bridgehead atoms. The van der Waals surface area contributed by atoms with Crippen LogP contribution in [0.5, 0.6) is 5.75 Å². The number of hydrogen-bond acceptors (Lipinski definition) is 5. The topological polar surface area (TPSA) is 63.6 Å². The second kappa shape index (κ2) is 12.0. The van der Waals surface area contributed by atoms with Gasteiger partial charge in [-0.05, 0) is 36.2 Å². The van der Waals surface area contributed by atoms with Gasteiger partial charge >= 0.3 is 12.4 Å². The van der Waals surface area contributed by atoms with E-state index >= 15 is 0 Å². The standard InChI is InChI=1S/C27H28F5N3O4/c1-17(23-8-5-21(28)14-24(23)29)33-25(37-2)20-13-19(18-3-6-22(7-4-18)39-27(30,31)32)15-35(16-20)26(36)34-9-11-38-12-10-34/h3-8,14,19-20H,1,9-13,15-16H2,2H3. The fourth-order valence-corrected chi connectivity index (χ4v) is 4.79. The molecule has 2 aliphatic heterocycles. The lowest BCUT2D eigenvalue weighted by Crippen LogP contribution is -2.53. The van der Waals surface area contributed by atoms with Crippen molar-refractivity contribution in [1.29, 1.82) is 0 Å². The number of carbonyl (C=O) groups is 1. The van der Waals surface area contributed by atoms with E-state index in [2.05, 4.69) is 16.3 Å². The Bertz CT molecular complexity index is 1210. The van der Waals surface area contributed by atoms with Crippen LogP contribution in [0, 0.1) is 17.6 Å². The van der Waals surface area contributed by atoms with Crippen molar-refractivity contribution in [3.63, 3.8) is 0 Å². The molecule has 2 atom stereocenters. The highest BCUT2D eigenvalue weighted by Gasteiger charge is 2.37. The van der Waals surface area contributed by atoms with Crippen LogP contribution in [0.1, 0.15) is 23.5 Å². The number of ether oxygens (including phenoxy) is 3. The van der Waals surface area contributed by atoms with Crippen LogP contribution < -0.4 is 4.74 Å². The Morgan fingerprint density at radius 3 is 2.36 bits per heavy atom. The molecule has 4 rings (SSSR count). The number of rotatable bonds is 5. The van der Waals surface area contributed by atoms with E-state index in [4.69, 9.17) is 9.47 Å². The maximum atomic E-state index is 14.3. The fourth-order valence-electron chi connectivity index (χ4n) is 4.79. The quantitative estimate of drug-likeness (QED) is 0.281. The van der Waals surface area contributed by atoms with Crippen molar-refractivity contribution in [3.05, 3.63) is 71.8 Å². The van der Waals surface area contributed by atoms with Crippen molar-refractivity contribution in [3.8, 4) is 5.75 Å². The zero-order chi connectivity index (χ0) is 28.2. The van der Waals surface area contributed by atoms with Crippen LogP contribution in [-0.4, -0.2) is 74.6 Å². The van der Waals surface area contributed by atoms with Crippen molar-refractivity contribution in [2.24, 2.45) is 10.9 Å². The lowest BCUT2D eigenvalue weighted by Gasteiger charge is -2.41. The Balaban J connectivity index is 1.61. The van der Waals surface area contributed by atoms with E-state index in [1.807, 2.05) is 0 Å². The molecule has 2 fully saturated rings. The number of amides is 2. The van der Waals surface area contributed by atoms with Gasteiger partial charge in [-0.2, -0.15) is 0 Å². The van der Waals surface area contributed by atoms with Gasteiger partial charge in [0.1, 0.15) is 17.4 Å². The van der Waals surface area contributed by atoms with Crippen molar-refractivity contribution >= 4 is 17.6 Å². The van der Waals surface area contributed by atoms with Crippen molar-refractivity contribution in [2.75, 3.05) is 46.5 Å². The largest absolute Gasteiger partial charge is 0.573 e. The predicted molar refractivity (Wildman–Crippen MR) is 133 cm³/mol. The molecule has 12 heteroatoms. The van der Waals surface area contributed by atoms with Gasteiger partial charge < -0.3 is 24.0 Å². The summed E-state index contributed by atoms with van der Waals surface area (Å²) < 4.78 is 80.4. The van der Waals surface area contributed by atoms with Crippen molar-refractivity contribution < 1.29 is 41.0 Å². The lowest BCUT2D eigenvalue weighted by atomic mass is 9.84. The van der Waals surface area contributed by atoms with Gasteiger partial charge in [0.25, 0.3) is 0 Å². The van der Waals surface area contributed by atoms with Crippen LogP contribution in [0.4, 0.5) is 26.7 Å². The smallest absolute Gasteiger partial charge is 0.484 e. The highest BCUT2D eigenvalue weighted by Crippen LogP contribution is 2.34. The van der Waals surface area contributed by atoms with Gasteiger partial charge in [-0.25, -0.2) is 18.6 Å². The van der Waals surface area contributed by atoms with E-state index in [0.29, 0.717) is 44.8 Å². The minimum Gasteiger partial charge on any atom is -0.484 e. The first-order chi connectivity index (χ1) is 18.5. The van der Waals surface area contributed by atoms with Crippen LogP contribution in [0.2, 0.25) is 0 Å². The molecule has 0 N–H and O–H groups in total. The minimum atomic E-state index is -4.81. The first-order valence-corrected chi connectivity index (χ1v) is 12.3. The molecule has 2 aliphatic rings. The van der Waals surface area contributed by atoms with Crippen LogP contribution in [0.15, 0.2) is 54.0 Å². The number of morpholine rings is 1. The van der Waals surface area contributed by atoms with E-state index in [9.17, 15) is 26.7 Å². The molecule has 2 heterocycles. The number of urea groups is 1. The summed E-state index contributed by atoms with van der Waals surface area (Å²) in [6, 6.07) is 8.36. The molecule has 210 valence electrons. The summed E-state index contributed by atoms with van der Waals surface area (Å²) in [4.78, 5) is 21.1. The third-order valence-electron chi connectivity index (χ3n) is 6.63. The molecule has 39 heavy (non-hydrogen) atoms. The zero-order valence-corrected chi connectivity index (χ0v) is 21.2. The van der Waals surface area contributed by atoms with E-state index in [-0.39, 0.29) is 41.4 Å². The maximum Gasteiger partial charge on any atom is 0.573 e. The van der Waals surface area contributed by atoms with Gasteiger partial charge in [-0.15, -0.1) is 13.2 Å². The Hall–Kier alpha value is -3.67. The summed E-state index contributed by atoms with van der Waals surface area (Å²) >= 11 is 0. The highest BCUT2D eigenvalue weighted by molar-refractivity contribution is 5.86. The molecular weight excluding hydrogens is 525 g/mol. The van der Waals surface area contributed by atoms with E-state index in [0.717, 1.165) is 12.1 Å². The third-order valence-corrected chi connectivity index (χ3v) is 6.63. The summed E-state index contributed by atoms with van der Waals surface area (Å²) in [5.74, 6) is -2.43. The number of alkyl halides is 3. The summed E-state index contributed by atoms with van der Waals surface area (Å²) in [5.41, 5.74) is 0.721. The summed E-state index contributed by atoms with van der Waals surface area (Å²) in [7, 11) is 1.40. The molecule has 2 amide bonds. The van der Waals surface area contributed by atoms with E-state index < -0.39 is 23.9 Å². The van der Waals surface area contributed by atoms with Crippen LogP contribution >= 0.6 is 0 Å².